The minimum atomic E-state index is -3.90. The molecule has 27 heavy (non-hydrogen) atoms. The average Bonchev–Trinajstić information content (AvgIpc) is 2.63. The van der Waals surface area contributed by atoms with E-state index in [0.717, 1.165) is 5.56 Å². The maximum atomic E-state index is 12.5. The molecule has 0 radical (unpaired) electrons. The number of methoxy groups -OCH3 is 2. The summed E-state index contributed by atoms with van der Waals surface area (Å²) in [6, 6.07) is 8.87. The molecule has 0 saturated heterocycles. The van der Waals surface area contributed by atoms with Gasteiger partial charge in [-0.05, 0) is 42.8 Å². The highest BCUT2D eigenvalue weighted by Crippen LogP contribution is 2.27. The van der Waals surface area contributed by atoms with E-state index in [0.29, 0.717) is 0 Å². The van der Waals surface area contributed by atoms with E-state index in [1.807, 2.05) is 6.92 Å². The van der Waals surface area contributed by atoms with Crippen LogP contribution in [0.2, 0.25) is 0 Å². The number of aryl methyl sites for hydroxylation is 1. The van der Waals surface area contributed by atoms with E-state index in [4.69, 9.17) is 9.47 Å². The highest BCUT2D eigenvalue weighted by Gasteiger charge is 2.21. The van der Waals surface area contributed by atoms with Crippen LogP contribution in [-0.2, 0) is 14.8 Å². The van der Waals surface area contributed by atoms with Gasteiger partial charge in [0.15, 0.2) is 0 Å². The standard InChI is InChI=1S/C18H22N2O6S/c1-12-4-6-14(15(21)10-12)20-18(22)13-5-7-16(26-3)17(11-13)27(23,24)19-8-9-25-2/h4-7,10-11,19,21H,8-9H2,1-3H3,(H,20,22). The molecule has 0 unspecified atom stereocenters. The van der Waals surface area contributed by atoms with Crippen LogP contribution in [0.15, 0.2) is 41.3 Å². The maximum Gasteiger partial charge on any atom is 0.255 e. The number of amides is 1. The fourth-order valence-corrected chi connectivity index (χ4v) is 3.53. The molecule has 0 spiro atoms. The molecule has 146 valence electrons. The Morgan fingerprint density at radius 3 is 2.52 bits per heavy atom. The van der Waals surface area contributed by atoms with Crippen LogP contribution >= 0.6 is 0 Å². The molecule has 3 N–H and O–H groups in total. The van der Waals surface area contributed by atoms with Crippen molar-refractivity contribution in [3.05, 3.63) is 47.5 Å². The molecule has 0 aliphatic heterocycles. The number of hydrogen-bond donors (Lipinski definition) is 3. The van der Waals surface area contributed by atoms with E-state index in [1.165, 1.54) is 38.5 Å². The number of ether oxygens (including phenoxy) is 2. The summed E-state index contributed by atoms with van der Waals surface area (Å²) in [5.41, 5.74) is 1.16. The van der Waals surface area contributed by atoms with Gasteiger partial charge in [-0.1, -0.05) is 6.07 Å². The quantitative estimate of drug-likeness (QED) is 0.465. The molecule has 0 heterocycles. The van der Waals surface area contributed by atoms with E-state index in [-0.39, 0.29) is 40.8 Å². The zero-order valence-corrected chi connectivity index (χ0v) is 16.1. The zero-order chi connectivity index (χ0) is 20.0. The molecule has 0 atom stereocenters. The number of carbonyl (C=O) groups excluding carboxylic acids is 1. The van der Waals surface area contributed by atoms with Crippen LogP contribution in [0.1, 0.15) is 15.9 Å². The molecule has 8 nitrogen and oxygen atoms in total. The summed E-state index contributed by atoms with van der Waals surface area (Å²) in [7, 11) is -1.10. The lowest BCUT2D eigenvalue weighted by Gasteiger charge is -2.13. The fourth-order valence-electron chi connectivity index (χ4n) is 2.33. The largest absolute Gasteiger partial charge is 0.506 e. The van der Waals surface area contributed by atoms with E-state index in [1.54, 1.807) is 12.1 Å². The fraction of sp³-hybridized carbons (Fsp3) is 0.278. The van der Waals surface area contributed by atoms with Crippen molar-refractivity contribution in [1.29, 1.82) is 0 Å². The predicted octanol–water partition coefficient (Wildman–Crippen LogP) is 1.89. The summed E-state index contributed by atoms with van der Waals surface area (Å²) in [4.78, 5) is 12.3. The minimum absolute atomic E-state index is 0.0778. The van der Waals surface area contributed by atoms with Crippen LogP contribution in [0.4, 0.5) is 5.69 Å². The van der Waals surface area contributed by atoms with Gasteiger partial charge >= 0.3 is 0 Å². The van der Waals surface area contributed by atoms with Crippen molar-refractivity contribution >= 4 is 21.6 Å². The van der Waals surface area contributed by atoms with Crippen LogP contribution < -0.4 is 14.8 Å². The second kappa shape index (κ2) is 8.85. The van der Waals surface area contributed by atoms with Gasteiger partial charge in [-0.3, -0.25) is 4.79 Å². The number of nitrogens with one attached hydrogen (secondary N) is 2. The molecule has 0 saturated carbocycles. The number of aromatic hydroxyl groups is 1. The summed E-state index contributed by atoms with van der Waals surface area (Å²) < 4.78 is 37.3. The summed E-state index contributed by atoms with van der Waals surface area (Å²) in [5, 5.41) is 12.5. The van der Waals surface area contributed by atoms with Crippen molar-refractivity contribution in [2.45, 2.75) is 11.8 Å². The summed E-state index contributed by atoms with van der Waals surface area (Å²) >= 11 is 0. The number of hydrogen-bond acceptors (Lipinski definition) is 6. The summed E-state index contributed by atoms with van der Waals surface area (Å²) in [5.74, 6) is -0.536. The van der Waals surface area contributed by atoms with Crippen LogP contribution in [0.25, 0.3) is 0 Å². The molecule has 9 heteroatoms. The second-order valence-electron chi connectivity index (χ2n) is 5.73. The third-order valence-electron chi connectivity index (χ3n) is 3.72. The van der Waals surface area contributed by atoms with Crippen LogP contribution in [0.3, 0.4) is 0 Å². The van der Waals surface area contributed by atoms with Gasteiger partial charge in [0.25, 0.3) is 5.91 Å². The van der Waals surface area contributed by atoms with Crippen molar-refractivity contribution in [3.8, 4) is 11.5 Å². The number of phenolic OH excluding ortho intramolecular Hbond substituents is 1. The van der Waals surface area contributed by atoms with Crippen LogP contribution in [0.5, 0.6) is 11.5 Å². The van der Waals surface area contributed by atoms with Crippen molar-refractivity contribution in [1.82, 2.24) is 4.72 Å². The third kappa shape index (κ3) is 5.19. The molecule has 0 fully saturated rings. The molecular formula is C18H22N2O6S. The number of sulfonamides is 1. The maximum absolute atomic E-state index is 12.5. The zero-order valence-electron chi connectivity index (χ0n) is 15.3. The highest BCUT2D eigenvalue weighted by molar-refractivity contribution is 7.89. The van der Waals surface area contributed by atoms with E-state index >= 15 is 0 Å². The Bertz CT molecular complexity index is 927. The normalized spacial score (nSPS) is 11.2. The van der Waals surface area contributed by atoms with Gasteiger partial charge in [-0.25, -0.2) is 13.1 Å². The number of anilines is 1. The minimum Gasteiger partial charge on any atom is -0.506 e. The van der Waals surface area contributed by atoms with Crippen LogP contribution in [0, 0.1) is 6.92 Å². The number of benzene rings is 2. The SMILES string of the molecule is COCCNS(=O)(=O)c1cc(C(=O)Nc2ccc(C)cc2O)ccc1OC. The Hall–Kier alpha value is -2.62. The molecule has 0 aliphatic rings. The Morgan fingerprint density at radius 2 is 1.89 bits per heavy atom. The Morgan fingerprint density at radius 1 is 1.15 bits per heavy atom. The van der Waals surface area contributed by atoms with E-state index in [2.05, 4.69) is 10.0 Å². The van der Waals surface area contributed by atoms with Crippen molar-refractivity contribution in [2.75, 3.05) is 32.7 Å². The van der Waals surface area contributed by atoms with Crippen molar-refractivity contribution in [3.63, 3.8) is 0 Å². The number of phenols is 1. The molecule has 2 aromatic carbocycles. The van der Waals surface area contributed by atoms with Gasteiger partial charge in [0.2, 0.25) is 10.0 Å². The molecule has 1 amide bonds. The topological polar surface area (TPSA) is 114 Å². The summed E-state index contributed by atoms with van der Waals surface area (Å²) in [6.07, 6.45) is 0. The first-order valence-corrected chi connectivity index (χ1v) is 9.54. The highest BCUT2D eigenvalue weighted by atomic mass is 32.2. The van der Waals surface area contributed by atoms with Crippen LogP contribution in [-0.4, -0.2) is 46.8 Å². The molecule has 2 rings (SSSR count). The van der Waals surface area contributed by atoms with Gasteiger partial charge < -0.3 is 19.9 Å². The molecular weight excluding hydrogens is 372 g/mol. The Kier molecular flexibility index (Phi) is 6.78. The summed E-state index contributed by atoms with van der Waals surface area (Å²) in [6.45, 7) is 2.09. The average molecular weight is 394 g/mol. The first-order valence-electron chi connectivity index (χ1n) is 8.06. The van der Waals surface area contributed by atoms with Gasteiger partial charge in [0.1, 0.15) is 16.4 Å². The van der Waals surface area contributed by atoms with Gasteiger partial charge in [-0.15, -0.1) is 0 Å². The predicted molar refractivity (Wildman–Crippen MR) is 101 cm³/mol. The van der Waals surface area contributed by atoms with Gasteiger partial charge in [0.05, 0.1) is 19.4 Å². The second-order valence-corrected chi connectivity index (χ2v) is 7.47. The lowest BCUT2D eigenvalue weighted by atomic mass is 10.1. The van der Waals surface area contributed by atoms with E-state index in [9.17, 15) is 18.3 Å². The Labute approximate surface area is 158 Å². The third-order valence-corrected chi connectivity index (χ3v) is 5.20. The van der Waals surface area contributed by atoms with Crippen molar-refractivity contribution < 1.29 is 27.8 Å². The first-order chi connectivity index (χ1) is 12.8. The van der Waals surface area contributed by atoms with Gasteiger partial charge in [0, 0.05) is 19.2 Å². The number of rotatable bonds is 8. The first kappa shape index (κ1) is 20.7. The van der Waals surface area contributed by atoms with Crippen molar-refractivity contribution in [2.24, 2.45) is 0 Å². The Balaban J connectivity index is 2.31. The van der Waals surface area contributed by atoms with E-state index < -0.39 is 15.9 Å². The molecule has 2 aromatic rings. The lowest BCUT2D eigenvalue weighted by Crippen LogP contribution is -2.28. The number of carbonyl (C=O) groups is 1. The lowest BCUT2D eigenvalue weighted by molar-refractivity contribution is 0.102. The smallest absolute Gasteiger partial charge is 0.255 e. The molecule has 0 aliphatic carbocycles. The van der Waals surface area contributed by atoms with Gasteiger partial charge in [-0.2, -0.15) is 0 Å². The molecule has 0 bridgehead atoms. The monoisotopic (exact) mass is 394 g/mol. The molecule has 0 aromatic heterocycles.